The highest BCUT2D eigenvalue weighted by atomic mass is 35.5. The summed E-state index contributed by atoms with van der Waals surface area (Å²) in [7, 11) is 0. The van der Waals surface area contributed by atoms with Gasteiger partial charge in [-0.25, -0.2) is 18.7 Å². The van der Waals surface area contributed by atoms with Crippen LogP contribution in [0.4, 0.5) is 14.7 Å². The van der Waals surface area contributed by atoms with Crippen molar-refractivity contribution in [3.63, 3.8) is 0 Å². The van der Waals surface area contributed by atoms with Gasteiger partial charge < -0.3 is 0 Å². The van der Waals surface area contributed by atoms with Gasteiger partial charge in [-0.3, -0.25) is 10.1 Å². The number of carbonyl (C=O) groups excluding carboxylic acids is 1. The first-order valence-corrected chi connectivity index (χ1v) is 5.93. The third-order valence-electron chi connectivity index (χ3n) is 2.83. The highest BCUT2D eigenvalue weighted by Crippen LogP contribution is 2.39. The van der Waals surface area contributed by atoms with Crippen LogP contribution in [0.2, 0.25) is 5.15 Å². The summed E-state index contributed by atoms with van der Waals surface area (Å²) < 4.78 is 26.0. The lowest BCUT2D eigenvalue weighted by Gasteiger charge is -2.10. The Bertz CT molecular complexity index is 461. The molecule has 0 aromatic carbocycles. The van der Waals surface area contributed by atoms with Crippen molar-refractivity contribution in [2.45, 2.75) is 32.1 Å². The second-order valence-electron chi connectivity index (χ2n) is 4.44. The monoisotopic (exact) mass is 275 g/mol. The predicted octanol–water partition coefficient (Wildman–Crippen LogP) is 2.81. The fraction of sp³-hybridized carbons (Fsp3) is 0.545. The maximum atomic E-state index is 13.0. The third-order valence-corrected chi connectivity index (χ3v) is 3.03. The number of anilines is 1. The molecule has 1 unspecified atom stereocenters. The van der Waals surface area contributed by atoms with Gasteiger partial charge >= 0.3 is 0 Å². The van der Waals surface area contributed by atoms with E-state index in [1.165, 1.54) is 0 Å². The van der Waals surface area contributed by atoms with Crippen LogP contribution in [0.3, 0.4) is 0 Å². The zero-order chi connectivity index (χ0) is 13.3. The number of nitrogens with one attached hydrogen (secondary N) is 1. The Balaban J connectivity index is 2.03. The van der Waals surface area contributed by atoms with Gasteiger partial charge in [0, 0.05) is 24.5 Å². The van der Waals surface area contributed by atoms with Gasteiger partial charge in [0.2, 0.25) is 17.8 Å². The zero-order valence-electron chi connectivity index (χ0n) is 9.71. The molecule has 1 atom stereocenters. The Morgan fingerprint density at radius 2 is 2.28 bits per heavy atom. The summed E-state index contributed by atoms with van der Waals surface area (Å²) in [5, 5.41) is 2.63. The van der Waals surface area contributed by atoms with Crippen molar-refractivity contribution < 1.29 is 13.6 Å². The topological polar surface area (TPSA) is 54.9 Å². The summed E-state index contributed by atoms with van der Waals surface area (Å²) >= 11 is 5.72. The van der Waals surface area contributed by atoms with E-state index in [0.29, 0.717) is 5.69 Å². The van der Waals surface area contributed by atoms with Crippen molar-refractivity contribution in [1.29, 1.82) is 0 Å². The van der Waals surface area contributed by atoms with Gasteiger partial charge in [0.1, 0.15) is 5.15 Å². The van der Waals surface area contributed by atoms with Crippen LogP contribution in [0.1, 0.15) is 25.0 Å². The summed E-state index contributed by atoms with van der Waals surface area (Å²) in [4.78, 5) is 19.5. The van der Waals surface area contributed by atoms with Crippen LogP contribution in [0, 0.1) is 12.8 Å². The average Bonchev–Trinajstić information content (AvgIpc) is 2.57. The lowest BCUT2D eigenvalue weighted by molar-refractivity contribution is -0.120. The number of halogens is 3. The van der Waals surface area contributed by atoms with Crippen molar-refractivity contribution in [3.8, 4) is 0 Å². The third kappa shape index (κ3) is 3.13. The molecule has 1 aliphatic carbocycles. The number of carbonyl (C=O) groups is 1. The van der Waals surface area contributed by atoms with Gasteiger partial charge in [0.15, 0.2) is 0 Å². The number of amides is 1. The Labute approximate surface area is 108 Å². The Morgan fingerprint density at radius 3 is 2.83 bits per heavy atom. The zero-order valence-corrected chi connectivity index (χ0v) is 10.5. The van der Waals surface area contributed by atoms with Crippen molar-refractivity contribution >= 4 is 23.5 Å². The molecule has 18 heavy (non-hydrogen) atoms. The highest BCUT2D eigenvalue weighted by molar-refractivity contribution is 6.29. The molecule has 1 aromatic rings. The van der Waals surface area contributed by atoms with Crippen LogP contribution in [-0.2, 0) is 4.79 Å². The summed E-state index contributed by atoms with van der Waals surface area (Å²) in [6.07, 6.45) is -0.489. The van der Waals surface area contributed by atoms with Gasteiger partial charge in [-0.1, -0.05) is 11.6 Å². The molecule has 1 saturated carbocycles. The van der Waals surface area contributed by atoms with Crippen molar-refractivity contribution in [2.24, 2.45) is 5.92 Å². The van der Waals surface area contributed by atoms with Crippen LogP contribution < -0.4 is 5.32 Å². The molecule has 7 heteroatoms. The second-order valence-corrected chi connectivity index (χ2v) is 4.83. The lowest BCUT2D eigenvalue weighted by Crippen LogP contribution is -2.23. The largest absolute Gasteiger partial charge is 0.294 e. The smallest absolute Gasteiger partial charge is 0.248 e. The molecule has 1 aliphatic rings. The molecule has 0 aliphatic heterocycles. The van der Waals surface area contributed by atoms with Crippen LogP contribution in [0.25, 0.3) is 0 Å². The number of aromatic nitrogens is 2. The van der Waals surface area contributed by atoms with Crippen LogP contribution >= 0.6 is 11.6 Å². The molecule has 4 nitrogen and oxygen atoms in total. The summed E-state index contributed by atoms with van der Waals surface area (Å²) in [6.45, 7) is 1.70. The number of rotatable bonds is 2. The van der Waals surface area contributed by atoms with E-state index in [0.717, 1.165) is 0 Å². The molecule has 2 rings (SSSR count). The molecular formula is C11H12ClF2N3O. The molecule has 0 spiro atoms. The first kappa shape index (κ1) is 13.1. The van der Waals surface area contributed by atoms with E-state index in [9.17, 15) is 13.6 Å². The molecular weight excluding hydrogens is 264 g/mol. The van der Waals surface area contributed by atoms with E-state index in [1.54, 1.807) is 13.0 Å². The van der Waals surface area contributed by atoms with Gasteiger partial charge in [0.25, 0.3) is 0 Å². The molecule has 0 bridgehead atoms. The predicted molar refractivity (Wildman–Crippen MR) is 62.7 cm³/mol. The fourth-order valence-electron chi connectivity index (χ4n) is 1.97. The minimum absolute atomic E-state index is 0.0558. The minimum Gasteiger partial charge on any atom is -0.294 e. The van der Waals surface area contributed by atoms with Crippen LogP contribution in [-0.4, -0.2) is 21.8 Å². The molecule has 0 saturated heterocycles. The number of aryl methyl sites for hydroxylation is 1. The van der Waals surface area contributed by atoms with Gasteiger partial charge in [-0.05, 0) is 19.4 Å². The van der Waals surface area contributed by atoms with E-state index in [4.69, 9.17) is 11.6 Å². The Morgan fingerprint density at radius 1 is 1.56 bits per heavy atom. The van der Waals surface area contributed by atoms with Crippen LogP contribution in [0.5, 0.6) is 0 Å². The fourth-order valence-corrected chi connectivity index (χ4v) is 2.21. The molecule has 1 aromatic heterocycles. The van der Waals surface area contributed by atoms with Gasteiger partial charge in [-0.2, -0.15) is 0 Å². The summed E-state index contributed by atoms with van der Waals surface area (Å²) in [5.74, 6) is -3.86. The van der Waals surface area contributed by atoms with E-state index in [-0.39, 0.29) is 23.9 Å². The van der Waals surface area contributed by atoms with E-state index in [2.05, 4.69) is 15.3 Å². The van der Waals surface area contributed by atoms with E-state index in [1.807, 2.05) is 0 Å². The number of nitrogens with zero attached hydrogens (tertiary/aromatic N) is 2. The molecule has 1 N–H and O–H groups in total. The lowest BCUT2D eigenvalue weighted by atomic mass is 10.1. The SMILES string of the molecule is Cc1cc(Cl)nc(NC(=O)C2CCC(F)(F)C2)n1. The normalized spacial score (nSPS) is 21.9. The number of hydrogen-bond donors (Lipinski definition) is 1. The molecule has 0 radical (unpaired) electrons. The maximum absolute atomic E-state index is 13.0. The maximum Gasteiger partial charge on any atom is 0.248 e. The minimum atomic E-state index is -2.74. The van der Waals surface area contributed by atoms with Crippen molar-refractivity contribution in [2.75, 3.05) is 5.32 Å². The summed E-state index contributed by atoms with van der Waals surface area (Å²) in [6, 6.07) is 1.54. The van der Waals surface area contributed by atoms with Gasteiger partial charge in [-0.15, -0.1) is 0 Å². The first-order chi connectivity index (χ1) is 8.35. The first-order valence-electron chi connectivity index (χ1n) is 5.56. The number of hydrogen-bond acceptors (Lipinski definition) is 3. The molecule has 1 heterocycles. The second kappa shape index (κ2) is 4.76. The van der Waals surface area contributed by atoms with E-state index >= 15 is 0 Å². The van der Waals surface area contributed by atoms with Crippen LogP contribution in [0.15, 0.2) is 6.07 Å². The van der Waals surface area contributed by atoms with Crippen molar-refractivity contribution in [1.82, 2.24) is 9.97 Å². The molecule has 98 valence electrons. The van der Waals surface area contributed by atoms with Crippen molar-refractivity contribution in [3.05, 3.63) is 16.9 Å². The Kier molecular flexibility index (Phi) is 3.47. The summed E-state index contributed by atoms with van der Waals surface area (Å²) in [5.41, 5.74) is 0.599. The quantitative estimate of drug-likeness (QED) is 0.845. The average molecular weight is 276 g/mol. The Hall–Kier alpha value is -1.30. The number of alkyl halides is 2. The molecule has 1 amide bonds. The standard InChI is InChI=1S/C11H12ClF2N3O/c1-6-4-8(12)16-10(15-6)17-9(18)7-2-3-11(13,14)5-7/h4,7H,2-3,5H2,1H3,(H,15,16,17,18). The van der Waals surface area contributed by atoms with E-state index < -0.39 is 24.2 Å². The molecule has 1 fully saturated rings. The highest BCUT2D eigenvalue weighted by Gasteiger charge is 2.42. The van der Waals surface area contributed by atoms with Gasteiger partial charge in [0.05, 0.1) is 0 Å².